The standard InChI is InChI=1S/C22H23N7O3S/c1-14-5-7-16(8-6-14)29-19(12-15(2)27-29)24-20(31)13-33-22-26-25-21(17-4-3-11-32-17)28(22)10-9-18(23)30/h3-8,11-12H,9-10,13H2,1-2H3,(H2,23,30)(H,24,31). The first-order valence-electron chi connectivity index (χ1n) is 10.2. The Hall–Kier alpha value is -3.86. The molecular weight excluding hydrogens is 442 g/mol. The predicted octanol–water partition coefficient (Wildman–Crippen LogP) is 2.95. The van der Waals surface area contributed by atoms with Crippen molar-refractivity contribution >= 4 is 29.4 Å². The van der Waals surface area contributed by atoms with Gasteiger partial charge in [-0.3, -0.25) is 14.2 Å². The van der Waals surface area contributed by atoms with Gasteiger partial charge in [-0.1, -0.05) is 29.5 Å². The second kappa shape index (κ2) is 9.74. The Balaban J connectivity index is 1.48. The SMILES string of the molecule is Cc1ccc(-n2nc(C)cc2NC(=O)CSc2nnc(-c3ccco3)n2CCC(N)=O)cc1. The first kappa shape index (κ1) is 22.3. The molecule has 0 saturated heterocycles. The number of hydrogen-bond donors (Lipinski definition) is 2. The van der Waals surface area contributed by atoms with Crippen molar-refractivity contribution in [1.29, 1.82) is 0 Å². The van der Waals surface area contributed by atoms with E-state index < -0.39 is 5.91 Å². The van der Waals surface area contributed by atoms with Crippen molar-refractivity contribution in [2.45, 2.75) is 32.0 Å². The topological polar surface area (TPSA) is 134 Å². The number of carbonyl (C=O) groups excluding carboxylic acids is 2. The highest BCUT2D eigenvalue weighted by atomic mass is 32.2. The smallest absolute Gasteiger partial charge is 0.236 e. The fourth-order valence-electron chi connectivity index (χ4n) is 3.19. The molecule has 4 rings (SSSR count). The van der Waals surface area contributed by atoms with Gasteiger partial charge in [-0.2, -0.15) is 5.10 Å². The zero-order valence-electron chi connectivity index (χ0n) is 18.2. The summed E-state index contributed by atoms with van der Waals surface area (Å²) in [6, 6.07) is 13.2. The highest BCUT2D eigenvalue weighted by Crippen LogP contribution is 2.25. The average molecular weight is 466 g/mol. The second-order valence-electron chi connectivity index (χ2n) is 7.41. The zero-order valence-corrected chi connectivity index (χ0v) is 19.0. The van der Waals surface area contributed by atoms with Gasteiger partial charge in [0.1, 0.15) is 5.82 Å². The highest BCUT2D eigenvalue weighted by molar-refractivity contribution is 7.99. The molecule has 3 N–H and O–H groups in total. The molecule has 2 amide bonds. The number of aromatic nitrogens is 5. The molecule has 0 fully saturated rings. The van der Waals surface area contributed by atoms with E-state index in [2.05, 4.69) is 20.6 Å². The largest absolute Gasteiger partial charge is 0.461 e. The molecule has 0 bridgehead atoms. The summed E-state index contributed by atoms with van der Waals surface area (Å²) in [5.41, 5.74) is 8.09. The normalized spacial score (nSPS) is 11.0. The van der Waals surface area contributed by atoms with Crippen LogP contribution in [0.4, 0.5) is 5.82 Å². The molecular formula is C22H23N7O3S. The van der Waals surface area contributed by atoms with E-state index in [0.29, 0.717) is 22.6 Å². The summed E-state index contributed by atoms with van der Waals surface area (Å²) in [7, 11) is 0. The predicted molar refractivity (Wildman–Crippen MR) is 124 cm³/mol. The second-order valence-corrected chi connectivity index (χ2v) is 8.35. The number of benzene rings is 1. The fourth-order valence-corrected chi connectivity index (χ4v) is 3.95. The van der Waals surface area contributed by atoms with Gasteiger partial charge in [0, 0.05) is 19.0 Å². The van der Waals surface area contributed by atoms with E-state index in [-0.39, 0.29) is 24.6 Å². The van der Waals surface area contributed by atoms with Crippen molar-refractivity contribution in [3.63, 3.8) is 0 Å². The van der Waals surface area contributed by atoms with Gasteiger partial charge < -0.3 is 15.5 Å². The maximum atomic E-state index is 12.7. The van der Waals surface area contributed by atoms with Crippen molar-refractivity contribution in [2.24, 2.45) is 5.73 Å². The Kier molecular flexibility index (Phi) is 6.59. The molecule has 0 saturated carbocycles. The van der Waals surface area contributed by atoms with E-state index in [0.717, 1.165) is 16.9 Å². The van der Waals surface area contributed by atoms with Gasteiger partial charge in [0.05, 0.1) is 23.4 Å². The maximum Gasteiger partial charge on any atom is 0.236 e. The van der Waals surface area contributed by atoms with Crippen LogP contribution in [0.25, 0.3) is 17.3 Å². The molecule has 4 aromatic rings. The number of aryl methyl sites for hydroxylation is 2. The lowest BCUT2D eigenvalue weighted by atomic mass is 10.2. The van der Waals surface area contributed by atoms with Gasteiger partial charge in [0.2, 0.25) is 11.8 Å². The van der Waals surface area contributed by atoms with Crippen LogP contribution in [-0.4, -0.2) is 42.1 Å². The van der Waals surface area contributed by atoms with E-state index in [1.165, 1.54) is 18.0 Å². The molecule has 3 aromatic heterocycles. The van der Waals surface area contributed by atoms with E-state index in [9.17, 15) is 9.59 Å². The van der Waals surface area contributed by atoms with Crippen molar-refractivity contribution < 1.29 is 14.0 Å². The minimum absolute atomic E-state index is 0.0883. The van der Waals surface area contributed by atoms with E-state index in [1.54, 1.807) is 21.4 Å². The van der Waals surface area contributed by atoms with Crippen molar-refractivity contribution in [2.75, 3.05) is 11.1 Å². The minimum atomic E-state index is -0.442. The van der Waals surface area contributed by atoms with Crippen LogP contribution in [0.5, 0.6) is 0 Å². The molecule has 33 heavy (non-hydrogen) atoms. The molecule has 10 nitrogen and oxygen atoms in total. The summed E-state index contributed by atoms with van der Waals surface area (Å²) in [5.74, 6) is 0.983. The lowest BCUT2D eigenvalue weighted by molar-refractivity contribution is -0.118. The van der Waals surface area contributed by atoms with Gasteiger partial charge in [-0.15, -0.1) is 10.2 Å². The number of anilines is 1. The van der Waals surface area contributed by atoms with E-state index in [1.807, 2.05) is 44.2 Å². The lowest BCUT2D eigenvalue weighted by Gasteiger charge is -2.10. The monoisotopic (exact) mass is 465 g/mol. The Bertz CT molecular complexity index is 1260. The Morgan fingerprint density at radius 2 is 1.94 bits per heavy atom. The Morgan fingerprint density at radius 1 is 1.15 bits per heavy atom. The number of amides is 2. The molecule has 0 radical (unpaired) electrons. The van der Waals surface area contributed by atoms with Gasteiger partial charge in [0.15, 0.2) is 16.7 Å². The van der Waals surface area contributed by atoms with Gasteiger partial charge in [-0.05, 0) is 38.1 Å². The molecule has 0 unspecified atom stereocenters. The number of nitrogens with one attached hydrogen (secondary N) is 1. The van der Waals surface area contributed by atoms with Crippen LogP contribution < -0.4 is 11.1 Å². The number of thioether (sulfide) groups is 1. The van der Waals surface area contributed by atoms with Crippen molar-refractivity contribution in [3.05, 3.63) is 60.0 Å². The molecule has 0 atom stereocenters. The first-order chi connectivity index (χ1) is 15.9. The third-order valence-corrected chi connectivity index (χ3v) is 5.72. The van der Waals surface area contributed by atoms with Gasteiger partial charge in [-0.25, -0.2) is 4.68 Å². The molecule has 11 heteroatoms. The lowest BCUT2D eigenvalue weighted by Crippen LogP contribution is -2.18. The summed E-state index contributed by atoms with van der Waals surface area (Å²) in [6.07, 6.45) is 1.64. The summed E-state index contributed by atoms with van der Waals surface area (Å²) in [5, 5.41) is 16.2. The minimum Gasteiger partial charge on any atom is -0.461 e. The number of hydrogen-bond acceptors (Lipinski definition) is 7. The van der Waals surface area contributed by atoms with Crippen molar-refractivity contribution in [1.82, 2.24) is 24.5 Å². The van der Waals surface area contributed by atoms with E-state index >= 15 is 0 Å². The molecule has 0 aliphatic heterocycles. The van der Waals surface area contributed by atoms with Crippen LogP contribution in [0.1, 0.15) is 17.7 Å². The van der Waals surface area contributed by atoms with E-state index in [4.69, 9.17) is 10.2 Å². The van der Waals surface area contributed by atoms with Gasteiger partial charge in [0.25, 0.3) is 0 Å². The fraction of sp³-hybridized carbons (Fsp3) is 0.227. The quantitative estimate of drug-likeness (QED) is 0.363. The molecule has 1 aromatic carbocycles. The Morgan fingerprint density at radius 3 is 2.64 bits per heavy atom. The van der Waals surface area contributed by atoms with Crippen LogP contribution >= 0.6 is 11.8 Å². The van der Waals surface area contributed by atoms with Crippen LogP contribution in [0.2, 0.25) is 0 Å². The summed E-state index contributed by atoms with van der Waals surface area (Å²) < 4.78 is 8.83. The first-order valence-corrected chi connectivity index (χ1v) is 11.2. The maximum absolute atomic E-state index is 12.7. The third kappa shape index (κ3) is 5.32. The number of furan rings is 1. The molecule has 0 aliphatic carbocycles. The zero-order chi connectivity index (χ0) is 23.4. The van der Waals surface area contributed by atoms with Crippen molar-refractivity contribution in [3.8, 4) is 17.3 Å². The third-order valence-electron chi connectivity index (χ3n) is 4.75. The summed E-state index contributed by atoms with van der Waals surface area (Å²) in [6.45, 7) is 4.16. The number of nitrogens with zero attached hydrogens (tertiary/aromatic N) is 5. The van der Waals surface area contributed by atoms with Crippen LogP contribution in [0.3, 0.4) is 0 Å². The highest BCUT2D eigenvalue weighted by Gasteiger charge is 2.18. The average Bonchev–Trinajstić information content (AvgIpc) is 3.51. The van der Waals surface area contributed by atoms with Gasteiger partial charge >= 0.3 is 0 Å². The molecule has 3 heterocycles. The van der Waals surface area contributed by atoms with Crippen LogP contribution in [-0.2, 0) is 16.1 Å². The van der Waals surface area contributed by atoms with Crippen LogP contribution in [0, 0.1) is 13.8 Å². The molecule has 170 valence electrons. The Labute approximate surface area is 194 Å². The number of carbonyl (C=O) groups is 2. The number of nitrogens with two attached hydrogens (primary N) is 1. The molecule has 0 spiro atoms. The molecule has 0 aliphatic rings. The summed E-state index contributed by atoms with van der Waals surface area (Å²) in [4.78, 5) is 24.0. The summed E-state index contributed by atoms with van der Waals surface area (Å²) >= 11 is 1.21. The number of primary amides is 1. The number of rotatable bonds is 9. The van der Waals surface area contributed by atoms with Crippen LogP contribution in [0.15, 0.2) is 58.3 Å².